The zero-order valence-corrected chi connectivity index (χ0v) is 14.1. The quantitative estimate of drug-likeness (QED) is 0.678. The first-order chi connectivity index (χ1) is 12.1. The van der Waals surface area contributed by atoms with Crippen LogP contribution >= 0.6 is 0 Å². The summed E-state index contributed by atoms with van der Waals surface area (Å²) in [7, 11) is 1.58. The molecule has 0 spiro atoms. The van der Waals surface area contributed by atoms with Crippen LogP contribution < -0.4 is 14.2 Å². The smallest absolute Gasteiger partial charge is 0.387 e. The molecule has 0 amide bonds. The van der Waals surface area contributed by atoms with Gasteiger partial charge in [0.05, 0.1) is 13.7 Å². The van der Waals surface area contributed by atoms with Crippen molar-refractivity contribution in [3.05, 3.63) is 47.7 Å². The van der Waals surface area contributed by atoms with Crippen molar-refractivity contribution in [2.45, 2.75) is 32.3 Å². The van der Waals surface area contributed by atoms with Gasteiger partial charge in [-0.25, -0.2) is 4.98 Å². The molecule has 0 aliphatic heterocycles. The molecule has 1 saturated carbocycles. The SMILES string of the molecule is COc1ccc(CCc2ccc(OC(F)F)c(OCC3CC3)c2)cn1. The minimum Gasteiger partial charge on any atom is -0.489 e. The van der Waals surface area contributed by atoms with Gasteiger partial charge in [0.25, 0.3) is 0 Å². The third-order valence-corrected chi connectivity index (χ3v) is 4.10. The van der Waals surface area contributed by atoms with E-state index in [9.17, 15) is 8.78 Å². The number of hydrogen-bond donors (Lipinski definition) is 0. The Hall–Kier alpha value is -2.37. The summed E-state index contributed by atoms with van der Waals surface area (Å²) >= 11 is 0. The molecule has 1 aliphatic carbocycles. The Bertz CT molecular complexity index is 688. The first-order valence-corrected chi connectivity index (χ1v) is 8.33. The maximum Gasteiger partial charge on any atom is 0.387 e. The van der Waals surface area contributed by atoms with Crippen LogP contribution in [-0.2, 0) is 12.8 Å². The van der Waals surface area contributed by atoms with Crippen molar-refractivity contribution < 1.29 is 23.0 Å². The van der Waals surface area contributed by atoms with Gasteiger partial charge in [0.2, 0.25) is 5.88 Å². The fourth-order valence-corrected chi connectivity index (χ4v) is 2.47. The van der Waals surface area contributed by atoms with Crippen LogP contribution in [0.15, 0.2) is 36.5 Å². The fourth-order valence-electron chi connectivity index (χ4n) is 2.47. The Labute approximate surface area is 145 Å². The van der Waals surface area contributed by atoms with Crippen molar-refractivity contribution in [2.24, 2.45) is 5.92 Å². The van der Waals surface area contributed by atoms with Gasteiger partial charge in [-0.1, -0.05) is 12.1 Å². The second-order valence-corrected chi connectivity index (χ2v) is 6.12. The zero-order chi connectivity index (χ0) is 17.6. The summed E-state index contributed by atoms with van der Waals surface area (Å²) in [5, 5.41) is 0. The highest BCUT2D eigenvalue weighted by molar-refractivity contribution is 5.43. The molecule has 6 heteroatoms. The van der Waals surface area contributed by atoms with Crippen LogP contribution in [0.3, 0.4) is 0 Å². The number of nitrogens with zero attached hydrogens (tertiary/aromatic N) is 1. The molecule has 1 aromatic heterocycles. The topological polar surface area (TPSA) is 40.6 Å². The lowest BCUT2D eigenvalue weighted by Crippen LogP contribution is -2.06. The second-order valence-electron chi connectivity index (χ2n) is 6.12. The number of ether oxygens (including phenoxy) is 3. The number of rotatable bonds is 9. The third kappa shape index (κ3) is 5.31. The molecule has 1 aliphatic rings. The van der Waals surface area contributed by atoms with Crippen molar-refractivity contribution in [1.82, 2.24) is 4.98 Å². The molecule has 3 rings (SSSR count). The third-order valence-electron chi connectivity index (χ3n) is 4.10. The summed E-state index contributed by atoms with van der Waals surface area (Å²) < 4.78 is 40.4. The summed E-state index contributed by atoms with van der Waals surface area (Å²) in [4.78, 5) is 4.18. The number of pyridine rings is 1. The largest absolute Gasteiger partial charge is 0.489 e. The molecule has 0 saturated heterocycles. The second kappa shape index (κ2) is 8.14. The van der Waals surface area contributed by atoms with Crippen LogP contribution in [0.2, 0.25) is 0 Å². The zero-order valence-electron chi connectivity index (χ0n) is 14.1. The Kier molecular flexibility index (Phi) is 5.68. The highest BCUT2D eigenvalue weighted by Crippen LogP contribution is 2.34. The minimum atomic E-state index is -2.86. The summed E-state index contributed by atoms with van der Waals surface area (Å²) in [6.07, 6.45) is 5.58. The summed E-state index contributed by atoms with van der Waals surface area (Å²) in [6, 6.07) is 8.91. The Balaban J connectivity index is 1.65. The van der Waals surface area contributed by atoms with Crippen molar-refractivity contribution in [2.75, 3.05) is 13.7 Å². The van der Waals surface area contributed by atoms with E-state index in [0.29, 0.717) is 24.2 Å². The number of alkyl halides is 2. The van der Waals surface area contributed by atoms with E-state index in [0.717, 1.165) is 36.8 Å². The summed E-state index contributed by atoms with van der Waals surface area (Å²) in [6.45, 7) is -2.31. The standard InChI is InChI=1S/C19H21F2NO3/c1-23-18-9-7-14(11-22-18)3-2-13-6-8-16(25-19(20)21)17(10-13)24-12-15-4-5-15/h6-11,15,19H,2-5,12H2,1H3. The molecule has 0 atom stereocenters. The molecule has 1 fully saturated rings. The molecule has 1 heterocycles. The van der Waals surface area contributed by atoms with E-state index in [1.165, 1.54) is 0 Å². The van der Waals surface area contributed by atoms with Crippen LogP contribution in [0.1, 0.15) is 24.0 Å². The van der Waals surface area contributed by atoms with Crippen LogP contribution in [0, 0.1) is 5.92 Å². The lowest BCUT2D eigenvalue weighted by molar-refractivity contribution is -0.0515. The van der Waals surface area contributed by atoms with Gasteiger partial charge < -0.3 is 14.2 Å². The maximum absolute atomic E-state index is 12.5. The molecule has 0 unspecified atom stereocenters. The van der Waals surface area contributed by atoms with E-state index in [2.05, 4.69) is 9.72 Å². The van der Waals surface area contributed by atoms with E-state index >= 15 is 0 Å². The lowest BCUT2D eigenvalue weighted by Gasteiger charge is -2.13. The molecule has 134 valence electrons. The molecule has 0 radical (unpaired) electrons. The van der Waals surface area contributed by atoms with E-state index < -0.39 is 6.61 Å². The fraction of sp³-hybridized carbons (Fsp3) is 0.421. The van der Waals surface area contributed by atoms with Crippen LogP contribution in [0.5, 0.6) is 17.4 Å². The lowest BCUT2D eigenvalue weighted by atomic mass is 10.1. The number of halogens is 2. The van der Waals surface area contributed by atoms with Gasteiger partial charge >= 0.3 is 6.61 Å². The average molecular weight is 349 g/mol. The van der Waals surface area contributed by atoms with Crippen LogP contribution in [-0.4, -0.2) is 25.3 Å². The highest BCUT2D eigenvalue weighted by atomic mass is 19.3. The van der Waals surface area contributed by atoms with Crippen molar-refractivity contribution in [1.29, 1.82) is 0 Å². The molecule has 25 heavy (non-hydrogen) atoms. The Morgan fingerprint density at radius 1 is 1.08 bits per heavy atom. The number of hydrogen-bond acceptors (Lipinski definition) is 4. The molecular formula is C19H21F2NO3. The van der Waals surface area contributed by atoms with Gasteiger partial charge in [0.1, 0.15) is 0 Å². The molecule has 0 N–H and O–H groups in total. The first kappa shape index (κ1) is 17.5. The average Bonchev–Trinajstić information content (AvgIpc) is 3.44. The van der Waals surface area contributed by atoms with Gasteiger partial charge in [-0.3, -0.25) is 0 Å². The van der Waals surface area contributed by atoms with E-state index in [1.807, 2.05) is 12.1 Å². The predicted octanol–water partition coefficient (Wildman–Crippen LogP) is 4.27. The molecule has 4 nitrogen and oxygen atoms in total. The van der Waals surface area contributed by atoms with Gasteiger partial charge in [0.15, 0.2) is 11.5 Å². The van der Waals surface area contributed by atoms with Gasteiger partial charge in [-0.2, -0.15) is 8.78 Å². The first-order valence-electron chi connectivity index (χ1n) is 8.33. The van der Waals surface area contributed by atoms with Crippen LogP contribution in [0.4, 0.5) is 8.78 Å². The number of benzene rings is 1. The summed E-state index contributed by atoms with van der Waals surface area (Å²) in [5.74, 6) is 1.59. The predicted molar refractivity (Wildman–Crippen MR) is 89.5 cm³/mol. The number of methoxy groups -OCH3 is 1. The minimum absolute atomic E-state index is 0.0884. The van der Waals surface area contributed by atoms with Crippen molar-refractivity contribution in [3.8, 4) is 17.4 Å². The van der Waals surface area contributed by atoms with Gasteiger partial charge in [-0.05, 0) is 54.9 Å². The normalized spacial score (nSPS) is 13.8. The van der Waals surface area contributed by atoms with Gasteiger partial charge in [0, 0.05) is 12.3 Å². The maximum atomic E-state index is 12.5. The van der Waals surface area contributed by atoms with Gasteiger partial charge in [-0.15, -0.1) is 0 Å². The molecule has 1 aromatic carbocycles. The summed E-state index contributed by atoms with van der Waals surface area (Å²) in [5.41, 5.74) is 2.08. The van der Waals surface area contributed by atoms with Crippen molar-refractivity contribution >= 4 is 0 Å². The highest BCUT2D eigenvalue weighted by Gasteiger charge is 2.23. The number of aryl methyl sites for hydroxylation is 2. The number of aromatic nitrogens is 1. The van der Waals surface area contributed by atoms with E-state index in [-0.39, 0.29) is 5.75 Å². The molecule has 0 bridgehead atoms. The molecule has 2 aromatic rings. The monoisotopic (exact) mass is 349 g/mol. The van der Waals surface area contributed by atoms with E-state index in [1.54, 1.807) is 31.5 Å². The van der Waals surface area contributed by atoms with Crippen LogP contribution in [0.25, 0.3) is 0 Å². The van der Waals surface area contributed by atoms with Crippen molar-refractivity contribution in [3.63, 3.8) is 0 Å². The Morgan fingerprint density at radius 3 is 2.48 bits per heavy atom. The van der Waals surface area contributed by atoms with E-state index in [4.69, 9.17) is 9.47 Å². The molecular weight excluding hydrogens is 328 g/mol. The Morgan fingerprint density at radius 2 is 1.84 bits per heavy atom.